The first kappa shape index (κ1) is 19.8. The number of benzene rings is 2. The molecular formula is C22H20N4O3S. The standard InChI is InChI=1S/C22H20N4O3S/c1-2-29-22(28)17-14-30-21(25-17)20-24-16-10-6-7-11-18(16)26(20)19(12-13-27)23-15-8-4-3-5-9-15/h3-11,13-14,19,23H,2,12H2,1H3. The molecule has 2 heterocycles. The lowest BCUT2D eigenvalue weighted by atomic mass is 10.2. The predicted octanol–water partition coefficient (Wildman–Crippen LogP) is 4.54. The number of rotatable bonds is 8. The number of nitrogens with zero attached hydrogens (tertiary/aromatic N) is 3. The van der Waals surface area contributed by atoms with E-state index in [0.29, 0.717) is 10.8 Å². The smallest absolute Gasteiger partial charge is 0.357 e. The van der Waals surface area contributed by atoms with Crippen LogP contribution in [0.3, 0.4) is 0 Å². The molecule has 30 heavy (non-hydrogen) atoms. The molecule has 0 radical (unpaired) electrons. The van der Waals surface area contributed by atoms with Crippen LogP contribution in [-0.4, -0.2) is 33.4 Å². The number of para-hydroxylation sites is 3. The van der Waals surface area contributed by atoms with Crippen molar-refractivity contribution >= 4 is 40.3 Å². The molecule has 1 N–H and O–H groups in total. The highest BCUT2D eigenvalue weighted by atomic mass is 32.1. The number of imidazole rings is 1. The van der Waals surface area contributed by atoms with Crippen molar-refractivity contribution in [3.8, 4) is 10.8 Å². The second kappa shape index (κ2) is 8.87. The van der Waals surface area contributed by atoms with Gasteiger partial charge in [-0.25, -0.2) is 14.8 Å². The van der Waals surface area contributed by atoms with E-state index in [4.69, 9.17) is 9.72 Å². The molecule has 1 atom stereocenters. The van der Waals surface area contributed by atoms with E-state index < -0.39 is 5.97 Å². The summed E-state index contributed by atoms with van der Waals surface area (Å²) in [5.41, 5.74) is 2.79. The van der Waals surface area contributed by atoms with Gasteiger partial charge < -0.3 is 19.4 Å². The third-order valence-corrected chi connectivity index (χ3v) is 5.35. The molecule has 1 unspecified atom stereocenters. The molecule has 0 aliphatic carbocycles. The van der Waals surface area contributed by atoms with Gasteiger partial charge in [-0.05, 0) is 31.2 Å². The Hall–Kier alpha value is -3.52. The number of anilines is 1. The monoisotopic (exact) mass is 420 g/mol. The second-order valence-electron chi connectivity index (χ2n) is 6.48. The molecule has 0 saturated heterocycles. The molecular weight excluding hydrogens is 400 g/mol. The zero-order chi connectivity index (χ0) is 20.9. The number of carbonyl (C=O) groups is 2. The van der Waals surface area contributed by atoms with Crippen LogP contribution in [0, 0.1) is 0 Å². The Morgan fingerprint density at radius 3 is 2.70 bits per heavy atom. The molecule has 0 bridgehead atoms. The van der Waals surface area contributed by atoms with Crippen LogP contribution in [0.5, 0.6) is 0 Å². The van der Waals surface area contributed by atoms with Gasteiger partial charge in [0.25, 0.3) is 0 Å². The first-order valence-electron chi connectivity index (χ1n) is 9.56. The number of aldehydes is 1. The van der Waals surface area contributed by atoms with Gasteiger partial charge >= 0.3 is 5.97 Å². The van der Waals surface area contributed by atoms with Crippen molar-refractivity contribution in [1.29, 1.82) is 0 Å². The van der Waals surface area contributed by atoms with Crippen LogP contribution in [0.25, 0.3) is 21.9 Å². The van der Waals surface area contributed by atoms with Gasteiger partial charge in [0.1, 0.15) is 12.5 Å². The van der Waals surface area contributed by atoms with E-state index in [9.17, 15) is 9.59 Å². The number of hydrogen-bond donors (Lipinski definition) is 1. The van der Waals surface area contributed by atoms with Crippen molar-refractivity contribution in [1.82, 2.24) is 14.5 Å². The number of thiazole rings is 1. The lowest BCUT2D eigenvalue weighted by molar-refractivity contribution is -0.108. The third-order valence-electron chi connectivity index (χ3n) is 4.51. The summed E-state index contributed by atoms with van der Waals surface area (Å²) in [6.45, 7) is 2.04. The topological polar surface area (TPSA) is 86.1 Å². The van der Waals surface area contributed by atoms with Crippen LogP contribution in [0.2, 0.25) is 0 Å². The lowest BCUT2D eigenvalue weighted by Crippen LogP contribution is -2.20. The molecule has 7 nitrogen and oxygen atoms in total. The van der Waals surface area contributed by atoms with E-state index in [-0.39, 0.29) is 24.9 Å². The summed E-state index contributed by atoms with van der Waals surface area (Å²) in [7, 11) is 0. The fourth-order valence-corrected chi connectivity index (χ4v) is 4.01. The Morgan fingerprint density at radius 2 is 1.93 bits per heavy atom. The van der Waals surface area contributed by atoms with Gasteiger partial charge in [-0.2, -0.15) is 0 Å². The number of aromatic nitrogens is 3. The lowest BCUT2D eigenvalue weighted by Gasteiger charge is -2.22. The van der Waals surface area contributed by atoms with E-state index in [1.54, 1.807) is 12.3 Å². The van der Waals surface area contributed by atoms with Gasteiger partial charge in [0.2, 0.25) is 0 Å². The largest absolute Gasteiger partial charge is 0.461 e. The SMILES string of the molecule is CCOC(=O)c1csc(-c2nc3ccccc3n2C(CC=O)Nc2ccccc2)n1. The fourth-order valence-electron chi connectivity index (χ4n) is 3.23. The summed E-state index contributed by atoms with van der Waals surface area (Å²) in [6.07, 6.45) is 0.742. The van der Waals surface area contributed by atoms with Crippen molar-refractivity contribution in [3.63, 3.8) is 0 Å². The average Bonchev–Trinajstić information content (AvgIpc) is 3.39. The number of esters is 1. The summed E-state index contributed by atoms with van der Waals surface area (Å²) in [5.74, 6) is 0.126. The Balaban J connectivity index is 1.81. The minimum Gasteiger partial charge on any atom is -0.461 e. The first-order valence-corrected chi connectivity index (χ1v) is 10.4. The van der Waals surface area contributed by atoms with E-state index >= 15 is 0 Å². The normalized spacial score (nSPS) is 11.9. The minimum absolute atomic E-state index is 0.234. The van der Waals surface area contributed by atoms with Gasteiger partial charge in [-0.1, -0.05) is 30.3 Å². The van der Waals surface area contributed by atoms with Crippen LogP contribution in [0.15, 0.2) is 60.0 Å². The minimum atomic E-state index is -0.463. The van der Waals surface area contributed by atoms with Gasteiger partial charge in [0.15, 0.2) is 16.5 Å². The molecule has 4 aromatic rings. The van der Waals surface area contributed by atoms with E-state index in [1.807, 2.05) is 59.2 Å². The van der Waals surface area contributed by atoms with Crippen molar-refractivity contribution < 1.29 is 14.3 Å². The summed E-state index contributed by atoms with van der Waals surface area (Å²) in [6, 6.07) is 17.4. The van der Waals surface area contributed by atoms with Crippen LogP contribution in [0.1, 0.15) is 30.0 Å². The van der Waals surface area contributed by atoms with Crippen molar-refractivity contribution in [2.75, 3.05) is 11.9 Å². The van der Waals surface area contributed by atoms with E-state index in [0.717, 1.165) is 23.0 Å². The predicted molar refractivity (Wildman–Crippen MR) is 117 cm³/mol. The van der Waals surface area contributed by atoms with Crippen molar-refractivity contribution in [2.24, 2.45) is 0 Å². The summed E-state index contributed by atoms with van der Waals surface area (Å²) in [5, 5.41) is 5.66. The van der Waals surface area contributed by atoms with Gasteiger partial charge in [0.05, 0.1) is 17.6 Å². The number of fused-ring (bicyclic) bond motifs is 1. The maximum Gasteiger partial charge on any atom is 0.357 e. The number of ether oxygens (including phenoxy) is 1. The quantitative estimate of drug-likeness (QED) is 0.333. The second-order valence-corrected chi connectivity index (χ2v) is 7.34. The Kier molecular flexibility index (Phi) is 5.85. The molecule has 4 rings (SSSR count). The van der Waals surface area contributed by atoms with Gasteiger partial charge in [0, 0.05) is 17.5 Å². The van der Waals surface area contributed by atoms with Crippen LogP contribution >= 0.6 is 11.3 Å². The highest BCUT2D eigenvalue weighted by Crippen LogP contribution is 2.32. The highest BCUT2D eigenvalue weighted by molar-refractivity contribution is 7.13. The van der Waals surface area contributed by atoms with Crippen molar-refractivity contribution in [2.45, 2.75) is 19.5 Å². The van der Waals surface area contributed by atoms with Crippen molar-refractivity contribution in [3.05, 3.63) is 65.7 Å². The van der Waals surface area contributed by atoms with E-state index in [2.05, 4.69) is 10.3 Å². The molecule has 0 amide bonds. The zero-order valence-electron chi connectivity index (χ0n) is 16.3. The summed E-state index contributed by atoms with van der Waals surface area (Å²) < 4.78 is 7.01. The molecule has 0 aliphatic rings. The fraction of sp³-hybridized carbons (Fsp3) is 0.182. The molecule has 0 saturated carbocycles. The summed E-state index contributed by atoms with van der Waals surface area (Å²) in [4.78, 5) is 32.8. The molecule has 2 aromatic heterocycles. The summed E-state index contributed by atoms with van der Waals surface area (Å²) >= 11 is 1.32. The molecule has 0 spiro atoms. The number of hydrogen-bond acceptors (Lipinski definition) is 7. The molecule has 0 fully saturated rings. The van der Waals surface area contributed by atoms with Crippen LogP contribution in [-0.2, 0) is 9.53 Å². The van der Waals surface area contributed by atoms with Crippen LogP contribution in [0.4, 0.5) is 5.69 Å². The Bertz CT molecular complexity index is 1170. The maximum atomic E-state index is 12.1. The van der Waals surface area contributed by atoms with E-state index in [1.165, 1.54) is 11.3 Å². The molecule has 8 heteroatoms. The molecule has 152 valence electrons. The Labute approximate surface area is 177 Å². The number of nitrogens with one attached hydrogen (secondary N) is 1. The maximum absolute atomic E-state index is 12.1. The molecule has 0 aliphatic heterocycles. The Morgan fingerprint density at radius 1 is 1.17 bits per heavy atom. The first-order chi connectivity index (χ1) is 14.7. The third kappa shape index (κ3) is 3.95. The van der Waals surface area contributed by atoms with Gasteiger partial charge in [-0.3, -0.25) is 0 Å². The zero-order valence-corrected chi connectivity index (χ0v) is 17.1. The average molecular weight is 420 g/mol. The molecule has 2 aromatic carbocycles. The van der Waals surface area contributed by atoms with Crippen LogP contribution < -0.4 is 5.32 Å². The number of carbonyl (C=O) groups excluding carboxylic acids is 2. The highest BCUT2D eigenvalue weighted by Gasteiger charge is 2.23. The van der Waals surface area contributed by atoms with Gasteiger partial charge in [-0.15, -0.1) is 11.3 Å².